The number of hydrogen-bond acceptors (Lipinski definition) is 5. The Labute approximate surface area is 161 Å². The number of fused-ring (bicyclic) bond motifs is 1. The Balaban J connectivity index is 1.31. The number of piperazine rings is 1. The van der Waals surface area contributed by atoms with Crippen LogP contribution in [-0.2, 0) is 4.79 Å². The van der Waals surface area contributed by atoms with Crippen LogP contribution in [0, 0.1) is 12.7 Å². The lowest BCUT2D eigenvalue weighted by Crippen LogP contribution is -2.48. The number of aromatic nitrogens is 1. The van der Waals surface area contributed by atoms with Gasteiger partial charge >= 0.3 is 0 Å². The summed E-state index contributed by atoms with van der Waals surface area (Å²) in [7, 11) is 0. The van der Waals surface area contributed by atoms with E-state index in [0.29, 0.717) is 11.7 Å². The Morgan fingerprint density at radius 3 is 2.59 bits per heavy atom. The normalized spacial score (nSPS) is 15.3. The summed E-state index contributed by atoms with van der Waals surface area (Å²) in [6.07, 6.45) is 0. The van der Waals surface area contributed by atoms with Gasteiger partial charge in [0.05, 0.1) is 16.8 Å². The van der Waals surface area contributed by atoms with E-state index >= 15 is 0 Å². The average Bonchev–Trinajstić information content (AvgIpc) is 3.07. The number of benzene rings is 2. The highest BCUT2D eigenvalue weighted by molar-refractivity contribution is 7.22. The molecule has 4 rings (SSSR count). The van der Waals surface area contributed by atoms with Gasteiger partial charge in [-0.2, -0.15) is 0 Å². The number of anilines is 2. The predicted octanol–water partition coefficient (Wildman–Crippen LogP) is 3.50. The molecule has 1 N–H and O–H groups in total. The van der Waals surface area contributed by atoms with Crippen LogP contribution in [0.2, 0.25) is 0 Å². The van der Waals surface area contributed by atoms with E-state index in [4.69, 9.17) is 0 Å². The van der Waals surface area contributed by atoms with Gasteiger partial charge in [0.1, 0.15) is 5.82 Å². The number of rotatable bonds is 4. The molecule has 1 fully saturated rings. The maximum absolute atomic E-state index is 13.1. The van der Waals surface area contributed by atoms with E-state index in [1.807, 2.05) is 25.1 Å². The van der Waals surface area contributed by atoms with Crippen LogP contribution in [0.15, 0.2) is 42.5 Å². The van der Waals surface area contributed by atoms with Crippen LogP contribution in [0.5, 0.6) is 0 Å². The lowest BCUT2D eigenvalue weighted by atomic mass is 10.2. The number of halogens is 1. The monoisotopic (exact) mass is 384 g/mol. The van der Waals surface area contributed by atoms with E-state index < -0.39 is 0 Å². The van der Waals surface area contributed by atoms with Crippen molar-refractivity contribution in [3.05, 3.63) is 53.8 Å². The number of hydrogen-bond donors (Lipinski definition) is 1. The molecule has 140 valence electrons. The Morgan fingerprint density at radius 2 is 1.89 bits per heavy atom. The van der Waals surface area contributed by atoms with Gasteiger partial charge in [0.2, 0.25) is 5.91 Å². The summed E-state index contributed by atoms with van der Waals surface area (Å²) in [5, 5.41) is 3.57. The van der Waals surface area contributed by atoms with Gasteiger partial charge in [-0.1, -0.05) is 23.5 Å². The van der Waals surface area contributed by atoms with Gasteiger partial charge in [0.25, 0.3) is 0 Å². The molecule has 0 atom stereocenters. The largest absolute Gasteiger partial charge is 0.369 e. The van der Waals surface area contributed by atoms with Crippen LogP contribution >= 0.6 is 11.3 Å². The van der Waals surface area contributed by atoms with E-state index in [1.54, 1.807) is 12.1 Å². The molecule has 1 amide bonds. The summed E-state index contributed by atoms with van der Waals surface area (Å²) in [5.74, 6) is -0.263. The van der Waals surface area contributed by atoms with Crippen molar-refractivity contribution in [2.75, 3.05) is 42.9 Å². The van der Waals surface area contributed by atoms with Crippen molar-refractivity contribution in [2.24, 2.45) is 0 Å². The summed E-state index contributed by atoms with van der Waals surface area (Å²) in [4.78, 5) is 21.3. The lowest BCUT2D eigenvalue weighted by molar-refractivity contribution is -0.117. The summed E-state index contributed by atoms with van der Waals surface area (Å²) in [5.41, 5.74) is 3.08. The standard InChI is InChI=1S/C20H21FN4OS/c1-14-3-2-4-17-19(14)23-20(27-17)22-18(26)13-24-9-11-25(12-10-24)16-7-5-15(21)6-8-16/h2-8H,9-13H2,1H3,(H,22,23,26). The van der Waals surface area contributed by atoms with E-state index in [9.17, 15) is 9.18 Å². The number of thiazole rings is 1. The van der Waals surface area contributed by atoms with Crippen molar-refractivity contribution in [1.82, 2.24) is 9.88 Å². The second-order valence-corrected chi connectivity index (χ2v) is 7.76. The Kier molecular flexibility index (Phi) is 5.05. The summed E-state index contributed by atoms with van der Waals surface area (Å²) < 4.78 is 14.1. The maximum atomic E-state index is 13.1. The third-order valence-electron chi connectivity index (χ3n) is 4.80. The third kappa shape index (κ3) is 4.09. The molecule has 0 aliphatic carbocycles. The maximum Gasteiger partial charge on any atom is 0.240 e. The first-order valence-corrected chi connectivity index (χ1v) is 9.79. The molecular formula is C20H21FN4OS. The van der Waals surface area contributed by atoms with Gasteiger partial charge in [0.15, 0.2) is 5.13 Å². The summed E-state index contributed by atoms with van der Waals surface area (Å²) >= 11 is 1.50. The number of carbonyl (C=O) groups excluding carboxylic acids is 1. The Hall–Kier alpha value is -2.51. The van der Waals surface area contributed by atoms with Crippen LogP contribution in [-0.4, -0.2) is 48.5 Å². The number of amides is 1. The molecular weight excluding hydrogens is 363 g/mol. The fourth-order valence-electron chi connectivity index (χ4n) is 3.32. The Bertz CT molecular complexity index is 948. The fourth-order valence-corrected chi connectivity index (χ4v) is 4.28. The van der Waals surface area contributed by atoms with Gasteiger partial charge in [0, 0.05) is 31.9 Å². The lowest BCUT2D eigenvalue weighted by Gasteiger charge is -2.35. The zero-order valence-corrected chi connectivity index (χ0v) is 15.9. The van der Waals surface area contributed by atoms with Gasteiger partial charge in [-0.25, -0.2) is 9.37 Å². The zero-order valence-electron chi connectivity index (χ0n) is 15.1. The Morgan fingerprint density at radius 1 is 1.15 bits per heavy atom. The van der Waals surface area contributed by atoms with Crippen molar-refractivity contribution in [3.8, 4) is 0 Å². The number of nitrogens with zero attached hydrogens (tertiary/aromatic N) is 3. The van der Waals surface area contributed by atoms with Gasteiger partial charge in [-0.15, -0.1) is 0 Å². The predicted molar refractivity (Wildman–Crippen MR) is 108 cm³/mol. The smallest absolute Gasteiger partial charge is 0.240 e. The van der Waals surface area contributed by atoms with E-state index in [2.05, 4.69) is 20.1 Å². The summed E-state index contributed by atoms with van der Waals surface area (Å²) in [6.45, 7) is 5.60. The highest BCUT2D eigenvalue weighted by atomic mass is 32.1. The molecule has 0 saturated carbocycles. The molecule has 27 heavy (non-hydrogen) atoms. The molecule has 0 radical (unpaired) electrons. The van der Waals surface area contributed by atoms with Crippen molar-refractivity contribution < 1.29 is 9.18 Å². The van der Waals surface area contributed by atoms with Crippen LogP contribution in [0.25, 0.3) is 10.2 Å². The molecule has 0 bridgehead atoms. The third-order valence-corrected chi connectivity index (χ3v) is 5.73. The number of aryl methyl sites for hydroxylation is 1. The van der Waals surface area contributed by atoms with Crippen LogP contribution in [0.4, 0.5) is 15.2 Å². The van der Waals surface area contributed by atoms with E-state index in [1.165, 1.54) is 23.5 Å². The van der Waals surface area contributed by atoms with Crippen LogP contribution in [0.1, 0.15) is 5.56 Å². The van der Waals surface area contributed by atoms with Crippen molar-refractivity contribution in [3.63, 3.8) is 0 Å². The molecule has 0 unspecified atom stereocenters. The molecule has 1 aromatic heterocycles. The highest BCUT2D eigenvalue weighted by Gasteiger charge is 2.20. The molecule has 1 aliphatic rings. The number of nitrogens with one attached hydrogen (secondary N) is 1. The molecule has 7 heteroatoms. The average molecular weight is 384 g/mol. The first-order chi connectivity index (χ1) is 13.1. The van der Waals surface area contributed by atoms with E-state index in [0.717, 1.165) is 47.6 Å². The SMILES string of the molecule is Cc1cccc2sc(NC(=O)CN3CCN(c4ccc(F)cc4)CC3)nc12. The van der Waals surface area contributed by atoms with Gasteiger partial charge < -0.3 is 10.2 Å². The highest BCUT2D eigenvalue weighted by Crippen LogP contribution is 2.27. The molecule has 0 spiro atoms. The second kappa shape index (κ2) is 7.62. The summed E-state index contributed by atoms with van der Waals surface area (Å²) in [6, 6.07) is 12.6. The van der Waals surface area contributed by atoms with Crippen LogP contribution < -0.4 is 10.2 Å². The van der Waals surface area contributed by atoms with Gasteiger partial charge in [-0.3, -0.25) is 9.69 Å². The first kappa shape index (κ1) is 17.9. The molecule has 3 aromatic rings. The second-order valence-electron chi connectivity index (χ2n) is 6.73. The minimum Gasteiger partial charge on any atom is -0.369 e. The minimum absolute atomic E-state index is 0.0399. The molecule has 1 saturated heterocycles. The molecule has 5 nitrogen and oxygen atoms in total. The molecule has 1 aliphatic heterocycles. The number of carbonyl (C=O) groups is 1. The molecule has 2 heterocycles. The molecule has 2 aromatic carbocycles. The van der Waals surface area contributed by atoms with Crippen LogP contribution in [0.3, 0.4) is 0 Å². The fraction of sp³-hybridized carbons (Fsp3) is 0.300. The van der Waals surface area contributed by atoms with E-state index in [-0.39, 0.29) is 11.7 Å². The van der Waals surface area contributed by atoms with Crippen molar-refractivity contribution >= 4 is 38.3 Å². The van der Waals surface area contributed by atoms with Crippen molar-refractivity contribution in [2.45, 2.75) is 6.92 Å². The quantitative estimate of drug-likeness (QED) is 0.748. The minimum atomic E-state index is -0.223. The first-order valence-electron chi connectivity index (χ1n) is 8.97. The topological polar surface area (TPSA) is 48.5 Å². The van der Waals surface area contributed by atoms with Crippen molar-refractivity contribution in [1.29, 1.82) is 0 Å². The zero-order chi connectivity index (χ0) is 18.8. The number of para-hydroxylation sites is 1. The van der Waals surface area contributed by atoms with Gasteiger partial charge in [-0.05, 0) is 42.8 Å².